The van der Waals surface area contributed by atoms with Gasteiger partial charge in [-0.2, -0.15) is 0 Å². The fraction of sp³-hybridized carbons (Fsp3) is 0.696. The fourth-order valence-corrected chi connectivity index (χ4v) is 4.63. The number of carbonyl (C=O) groups is 1. The summed E-state index contributed by atoms with van der Waals surface area (Å²) in [5.41, 5.74) is 1.15. The Bertz CT molecular complexity index is 638. The van der Waals surface area contributed by atoms with Gasteiger partial charge in [-0.15, -0.1) is 0 Å². The molecule has 0 aliphatic carbocycles. The number of benzene rings is 1. The van der Waals surface area contributed by atoms with Crippen LogP contribution < -0.4 is 15.4 Å². The van der Waals surface area contributed by atoms with Crippen LogP contribution in [0.3, 0.4) is 0 Å². The number of para-hydroxylation sites is 1. The van der Waals surface area contributed by atoms with Crippen molar-refractivity contribution in [3.8, 4) is 5.75 Å². The summed E-state index contributed by atoms with van der Waals surface area (Å²) in [4.78, 5) is 17.6. The third kappa shape index (κ3) is 6.34. The molecule has 1 atom stereocenters. The zero-order valence-corrected chi connectivity index (χ0v) is 18.3. The van der Waals surface area contributed by atoms with Gasteiger partial charge in [-0.1, -0.05) is 32.0 Å². The Morgan fingerprint density at radius 2 is 1.83 bits per heavy atom. The summed E-state index contributed by atoms with van der Waals surface area (Å²) in [5, 5.41) is 6.33. The van der Waals surface area contributed by atoms with Crippen molar-refractivity contribution in [1.82, 2.24) is 20.4 Å². The van der Waals surface area contributed by atoms with Crippen molar-refractivity contribution in [2.45, 2.75) is 51.6 Å². The lowest BCUT2D eigenvalue weighted by molar-refractivity contribution is 0.176. The van der Waals surface area contributed by atoms with Gasteiger partial charge in [0.15, 0.2) is 0 Å². The summed E-state index contributed by atoms with van der Waals surface area (Å²) in [5.74, 6) is 1.59. The van der Waals surface area contributed by atoms with Crippen molar-refractivity contribution in [3.63, 3.8) is 0 Å². The maximum atomic E-state index is 12.6. The number of piperidine rings is 1. The molecule has 2 N–H and O–H groups in total. The van der Waals surface area contributed by atoms with E-state index in [-0.39, 0.29) is 18.1 Å². The number of nitrogens with zero attached hydrogens (tertiary/aromatic N) is 2. The zero-order valence-electron chi connectivity index (χ0n) is 18.3. The Hall–Kier alpha value is -1.79. The molecule has 1 aromatic carbocycles. The standard InChI is InChI=1S/C23H38N4O2/c1-18(2)17-26-14-10-19(11-15-26)25-23(28)24-16-21(27-12-6-7-13-27)20-8-4-5-9-22(20)29-3/h4-5,8-9,18-19,21H,6-7,10-17H2,1-3H3,(H2,24,25,28). The van der Waals surface area contributed by atoms with E-state index in [1.54, 1.807) is 7.11 Å². The highest BCUT2D eigenvalue weighted by Gasteiger charge is 2.27. The van der Waals surface area contributed by atoms with Crippen LogP contribution in [0.1, 0.15) is 51.1 Å². The van der Waals surface area contributed by atoms with Crippen molar-refractivity contribution in [2.75, 3.05) is 46.4 Å². The van der Waals surface area contributed by atoms with Crippen LogP contribution in [0.15, 0.2) is 24.3 Å². The van der Waals surface area contributed by atoms with E-state index in [0.717, 1.165) is 56.9 Å². The molecule has 2 aliphatic heterocycles. The predicted molar refractivity (Wildman–Crippen MR) is 117 cm³/mol. The number of rotatable bonds is 8. The van der Waals surface area contributed by atoms with Gasteiger partial charge in [0.2, 0.25) is 0 Å². The Balaban J connectivity index is 1.52. The summed E-state index contributed by atoms with van der Waals surface area (Å²) < 4.78 is 5.59. The quantitative estimate of drug-likeness (QED) is 0.701. The van der Waals surface area contributed by atoms with Gasteiger partial charge in [0.1, 0.15) is 5.75 Å². The number of urea groups is 1. The number of ether oxygens (including phenoxy) is 1. The van der Waals surface area contributed by atoms with Gasteiger partial charge >= 0.3 is 6.03 Å². The lowest BCUT2D eigenvalue weighted by atomic mass is 10.0. The van der Waals surface area contributed by atoms with Crippen LogP contribution in [-0.4, -0.2) is 68.3 Å². The molecule has 2 amide bonds. The van der Waals surface area contributed by atoms with Crippen molar-refractivity contribution >= 4 is 6.03 Å². The first kappa shape index (κ1) is 21.9. The molecule has 1 aromatic rings. The predicted octanol–water partition coefficient (Wildman–Crippen LogP) is 3.25. The van der Waals surface area contributed by atoms with Crippen LogP contribution in [0.25, 0.3) is 0 Å². The highest BCUT2D eigenvalue weighted by Crippen LogP contribution is 2.31. The minimum atomic E-state index is -0.0496. The summed E-state index contributed by atoms with van der Waals surface area (Å²) >= 11 is 0. The van der Waals surface area contributed by atoms with Crippen LogP contribution >= 0.6 is 0 Å². The van der Waals surface area contributed by atoms with Crippen molar-refractivity contribution < 1.29 is 9.53 Å². The summed E-state index contributed by atoms with van der Waals surface area (Å²) in [6.45, 7) is 10.5. The fourth-order valence-electron chi connectivity index (χ4n) is 4.63. The largest absolute Gasteiger partial charge is 0.496 e. The van der Waals surface area contributed by atoms with Crippen molar-refractivity contribution in [3.05, 3.63) is 29.8 Å². The molecule has 2 saturated heterocycles. The molecule has 2 aliphatic rings. The number of hydrogen-bond donors (Lipinski definition) is 2. The minimum absolute atomic E-state index is 0.0496. The second-order valence-electron chi connectivity index (χ2n) is 8.82. The number of carbonyl (C=O) groups excluding carboxylic acids is 1. The van der Waals surface area contributed by atoms with Gasteiger partial charge in [0.25, 0.3) is 0 Å². The van der Waals surface area contributed by atoms with Crippen LogP contribution in [0.5, 0.6) is 5.75 Å². The van der Waals surface area contributed by atoms with Gasteiger partial charge < -0.3 is 20.3 Å². The lowest BCUT2D eigenvalue weighted by Crippen LogP contribution is -2.49. The third-order valence-corrected chi connectivity index (χ3v) is 6.08. The van der Waals surface area contributed by atoms with Crippen molar-refractivity contribution in [1.29, 1.82) is 0 Å². The smallest absolute Gasteiger partial charge is 0.315 e. The average Bonchev–Trinajstić information content (AvgIpc) is 3.24. The monoisotopic (exact) mass is 402 g/mol. The van der Waals surface area contributed by atoms with E-state index in [9.17, 15) is 4.79 Å². The molecule has 0 spiro atoms. The first-order valence-corrected chi connectivity index (χ1v) is 11.2. The highest BCUT2D eigenvalue weighted by molar-refractivity contribution is 5.74. The number of nitrogens with one attached hydrogen (secondary N) is 2. The summed E-state index contributed by atoms with van der Waals surface area (Å²) in [7, 11) is 1.71. The van der Waals surface area contributed by atoms with Crippen LogP contribution in [0.4, 0.5) is 4.79 Å². The van der Waals surface area contributed by atoms with E-state index in [1.165, 1.54) is 12.8 Å². The summed E-state index contributed by atoms with van der Waals surface area (Å²) in [6.07, 6.45) is 4.49. The van der Waals surface area contributed by atoms with Gasteiger partial charge in [-0.3, -0.25) is 4.90 Å². The van der Waals surface area contributed by atoms with Gasteiger partial charge in [-0.25, -0.2) is 4.79 Å². The first-order valence-electron chi connectivity index (χ1n) is 11.2. The molecule has 6 nitrogen and oxygen atoms in total. The molecule has 2 fully saturated rings. The Morgan fingerprint density at radius 3 is 2.48 bits per heavy atom. The topological polar surface area (TPSA) is 56.8 Å². The Kier molecular flexibility index (Phi) is 8.19. The molecule has 29 heavy (non-hydrogen) atoms. The number of methoxy groups -OCH3 is 1. The zero-order chi connectivity index (χ0) is 20.6. The maximum Gasteiger partial charge on any atom is 0.315 e. The minimum Gasteiger partial charge on any atom is -0.496 e. The normalized spacial score (nSPS) is 20.0. The van der Waals surface area contributed by atoms with Gasteiger partial charge in [-0.05, 0) is 50.8 Å². The van der Waals surface area contributed by atoms with E-state index in [2.05, 4.69) is 40.3 Å². The highest BCUT2D eigenvalue weighted by atomic mass is 16.5. The maximum absolute atomic E-state index is 12.6. The molecule has 0 bridgehead atoms. The van der Waals surface area contributed by atoms with E-state index < -0.39 is 0 Å². The Morgan fingerprint density at radius 1 is 1.14 bits per heavy atom. The second-order valence-corrected chi connectivity index (χ2v) is 8.82. The van der Waals surface area contributed by atoms with E-state index in [1.807, 2.05) is 18.2 Å². The van der Waals surface area contributed by atoms with Gasteiger partial charge in [0.05, 0.1) is 13.2 Å². The van der Waals surface area contributed by atoms with E-state index in [0.29, 0.717) is 12.5 Å². The van der Waals surface area contributed by atoms with Crippen LogP contribution in [0.2, 0.25) is 0 Å². The molecule has 0 aromatic heterocycles. The number of likely N-dealkylation sites (tertiary alicyclic amines) is 2. The molecule has 1 unspecified atom stereocenters. The number of hydrogen-bond acceptors (Lipinski definition) is 4. The third-order valence-electron chi connectivity index (χ3n) is 6.08. The SMILES string of the molecule is COc1ccccc1C(CNC(=O)NC1CCN(CC(C)C)CC1)N1CCCC1. The second kappa shape index (κ2) is 10.8. The Labute approximate surface area is 176 Å². The molecule has 0 saturated carbocycles. The lowest BCUT2D eigenvalue weighted by Gasteiger charge is -2.33. The summed E-state index contributed by atoms with van der Waals surface area (Å²) in [6, 6.07) is 8.53. The average molecular weight is 403 g/mol. The molecular weight excluding hydrogens is 364 g/mol. The molecule has 3 rings (SSSR count). The first-order chi connectivity index (χ1) is 14.1. The number of amides is 2. The molecule has 6 heteroatoms. The van der Waals surface area contributed by atoms with E-state index in [4.69, 9.17) is 4.74 Å². The van der Waals surface area contributed by atoms with Crippen molar-refractivity contribution in [2.24, 2.45) is 5.92 Å². The molecule has 0 radical (unpaired) electrons. The van der Waals surface area contributed by atoms with Crippen LogP contribution in [-0.2, 0) is 0 Å². The molecular formula is C23H38N4O2. The molecule has 2 heterocycles. The molecule has 162 valence electrons. The van der Waals surface area contributed by atoms with Crippen LogP contribution in [0, 0.1) is 5.92 Å². The van der Waals surface area contributed by atoms with E-state index >= 15 is 0 Å². The van der Waals surface area contributed by atoms with Gasteiger partial charge in [0, 0.05) is 37.8 Å².